The average Bonchev–Trinajstić information content (AvgIpc) is 2.89. The number of aromatic nitrogens is 1. The summed E-state index contributed by atoms with van der Waals surface area (Å²) < 4.78 is 0. The van der Waals surface area contributed by atoms with Gasteiger partial charge in [-0.2, -0.15) is 0 Å². The Balaban J connectivity index is 1.92. The van der Waals surface area contributed by atoms with Gasteiger partial charge >= 0.3 is 6.03 Å². The monoisotopic (exact) mass is 350 g/mol. The Bertz CT molecular complexity index is 683. The second-order valence-electron chi connectivity index (χ2n) is 6.38. The first-order chi connectivity index (χ1) is 11.4. The highest BCUT2D eigenvalue weighted by atomic mass is 35.5. The topological polar surface area (TPSA) is 51.4 Å². The lowest BCUT2D eigenvalue weighted by Crippen LogP contribution is -2.48. The lowest BCUT2D eigenvalue weighted by Gasteiger charge is -2.30. The Morgan fingerprint density at radius 3 is 2.79 bits per heavy atom. The minimum absolute atomic E-state index is 0.00952. The molecule has 24 heavy (non-hydrogen) atoms. The van der Waals surface area contributed by atoms with Crippen molar-refractivity contribution < 1.29 is 4.79 Å². The van der Waals surface area contributed by atoms with Crippen LogP contribution >= 0.6 is 11.6 Å². The molecule has 0 bridgehead atoms. The third-order valence-electron chi connectivity index (χ3n) is 4.16. The molecule has 0 aliphatic heterocycles. The van der Waals surface area contributed by atoms with Crippen molar-refractivity contribution in [2.75, 3.05) is 33.7 Å². The highest BCUT2D eigenvalue weighted by molar-refractivity contribution is 6.31. The molecule has 1 heterocycles. The van der Waals surface area contributed by atoms with Crippen molar-refractivity contribution >= 4 is 28.5 Å². The molecule has 2 aromatic rings. The van der Waals surface area contributed by atoms with Crippen molar-refractivity contribution in [2.45, 2.75) is 26.3 Å². The van der Waals surface area contributed by atoms with Crippen molar-refractivity contribution in [1.29, 1.82) is 0 Å². The molecule has 0 aliphatic carbocycles. The summed E-state index contributed by atoms with van der Waals surface area (Å²) in [6.45, 7) is 6.23. The number of hydrogen-bond acceptors (Lipinski definition) is 2. The predicted octanol–water partition coefficient (Wildman–Crippen LogP) is 3.35. The van der Waals surface area contributed by atoms with Crippen LogP contribution in [0.15, 0.2) is 24.4 Å². The van der Waals surface area contributed by atoms with Gasteiger partial charge in [-0.05, 0) is 58.1 Å². The van der Waals surface area contributed by atoms with Crippen LogP contribution in [0.1, 0.15) is 19.4 Å². The average molecular weight is 351 g/mol. The van der Waals surface area contributed by atoms with Gasteiger partial charge in [-0.25, -0.2) is 4.79 Å². The largest absolute Gasteiger partial charge is 0.361 e. The Labute approximate surface area is 149 Å². The van der Waals surface area contributed by atoms with E-state index in [-0.39, 0.29) is 12.1 Å². The maximum atomic E-state index is 12.4. The van der Waals surface area contributed by atoms with Crippen LogP contribution in [0.2, 0.25) is 5.02 Å². The zero-order chi connectivity index (χ0) is 17.7. The van der Waals surface area contributed by atoms with E-state index in [4.69, 9.17) is 11.6 Å². The molecule has 1 atom stereocenters. The number of aromatic amines is 1. The summed E-state index contributed by atoms with van der Waals surface area (Å²) >= 11 is 6.07. The smallest absolute Gasteiger partial charge is 0.317 e. The number of urea groups is 1. The third-order valence-corrected chi connectivity index (χ3v) is 4.40. The standard InChI is InChI=1S/C18H27ClN4O/c1-5-23(13(2)12-22(3)4)18(24)20-9-8-14-11-21-17-7-6-15(19)10-16(14)17/h6-7,10-11,13,21H,5,8-9,12H2,1-4H3,(H,20,24). The molecule has 1 aromatic carbocycles. The number of H-pyrrole nitrogens is 1. The van der Waals surface area contributed by atoms with Crippen LogP contribution in [0.25, 0.3) is 10.9 Å². The van der Waals surface area contributed by atoms with E-state index >= 15 is 0 Å². The normalized spacial score (nSPS) is 12.6. The van der Waals surface area contributed by atoms with Gasteiger partial charge in [0.25, 0.3) is 0 Å². The number of amides is 2. The lowest BCUT2D eigenvalue weighted by molar-refractivity contribution is 0.169. The second-order valence-corrected chi connectivity index (χ2v) is 6.82. The number of carbonyl (C=O) groups excluding carboxylic acids is 1. The van der Waals surface area contributed by atoms with E-state index in [1.165, 1.54) is 0 Å². The molecule has 132 valence electrons. The van der Waals surface area contributed by atoms with Gasteiger partial charge in [-0.1, -0.05) is 11.6 Å². The van der Waals surface area contributed by atoms with Crippen molar-refractivity contribution in [3.63, 3.8) is 0 Å². The van der Waals surface area contributed by atoms with E-state index in [1.807, 2.05) is 50.3 Å². The Kier molecular flexibility index (Phi) is 6.52. The molecule has 0 radical (unpaired) electrons. The van der Waals surface area contributed by atoms with Crippen LogP contribution in [-0.4, -0.2) is 60.6 Å². The summed E-state index contributed by atoms with van der Waals surface area (Å²) in [4.78, 5) is 19.6. The first-order valence-electron chi connectivity index (χ1n) is 8.37. The molecule has 1 aromatic heterocycles. The van der Waals surface area contributed by atoms with E-state index in [9.17, 15) is 4.79 Å². The number of nitrogens with one attached hydrogen (secondary N) is 2. The molecule has 0 saturated carbocycles. The molecule has 1 unspecified atom stereocenters. The van der Waals surface area contributed by atoms with E-state index < -0.39 is 0 Å². The number of rotatable bonds is 7. The summed E-state index contributed by atoms with van der Waals surface area (Å²) in [5.41, 5.74) is 2.23. The van der Waals surface area contributed by atoms with Gasteiger partial charge in [0.05, 0.1) is 0 Å². The zero-order valence-electron chi connectivity index (χ0n) is 14.9. The van der Waals surface area contributed by atoms with Crippen LogP contribution in [0, 0.1) is 0 Å². The van der Waals surface area contributed by atoms with E-state index in [1.54, 1.807) is 0 Å². The maximum absolute atomic E-state index is 12.4. The van der Waals surface area contributed by atoms with Crippen molar-refractivity contribution in [3.8, 4) is 0 Å². The first kappa shape index (κ1) is 18.6. The Morgan fingerprint density at radius 1 is 1.38 bits per heavy atom. The molecule has 0 fully saturated rings. The molecule has 2 rings (SSSR count). The van der Waals surface area contributed by atoms with Crippen LogP contribution in [0.3, 0.4) is 0 Å². The van der Waals surface area contributed by atoms with Gasteiger partial charge in [0, 0.05) is 47.8 Å². The molecule has 6 heteroatoms. The van der Waals surface area contributed by atoms with Crippen LogP contribution in [-0.2, 0) is 6.42 Å². The summed E-state index contributed by atoms with van der Waals surface area (Å²) in [7, 11) is 4.04. The molecule has 2 N–H and O–H groups in total. The van der Waals surface area contributed by atoms with Crippen LogP contribution in [0.4, 0.5) is 4.79 Å². The summed E-state index contributed by atoms with van der Waals surface area (Å²) in [6.07, 6.45) is 2.76. The minimum atomic E-state index is -0.00952. The predicted molar refractivity (Wildman–Crippen MR) is 101 cm³/mol. The van der Waals surface area contributed by atoms with Crippen molar-refractivity contribution in [3.05, 3.63) is 35.0 Å². The number of halogens is 1. The number of benzene rings is 1. The van der Waals surface area contributed by atoms with Crippen LogP contribution in [0.5, 0.6) is 0 Å². The fourth-order valence-electron chi connectivity index (χ4n) is 3.05. The minimum Gasteiger partial charge on any atom is -0.361 e. The first-order valence-corrected chi connectivity index (χ1v) is 8.74. The molecular formula is C18H27ClN4O. The van der Waals surface area contributed by atoms with E-state index in [0.29, 0.717) is 13.1 Å². The lowest BCUT2D eigenvalue weighted by atomic mass is 10.1. The highest BCUT2D eigenvalue weighted by Crippen LogP contribution is 2.22. The molecule has 5 nitrogen and oxygen atoms in total. The van der Waals surface area contributed by atoms with E-state index in [2.05, 4.69) is 22.1 Å². The van der Waals surface area contributed by atoms with Gasteiger partial charge in [0.1, 0.15) is 0 Å². The Morgan fingerprint density at radius 2 is 2.12 bits per heavy atom. The van der Waals surface area contributed by atoms with Gasteiger partial charge in [-0.15, -0.1) is 0 Å². The Hall–Kier alpha value is -1.72. The fourth-order valence-corrected chi connectivity index (χ4v) is 3.22. The van der Waals surface area contributed by atoms with Crippen molar-refractivity contribution in [1.82, 2.24) is 20.1 Å². The number of nitrogens with zero attached hydrogens (tertiary/aromatic N) is 2. The fraction of sp³-hybridized carbons (Fsp3) is 0.500. The molecule has 2 amide bonds. The van der Waals surface area contributed by atoms with Crippen LogP contribution < -0.4 is 5.32 Å². The quantitative estimate of drug-likeness (QED) is 0.804. The number of likely N-dealkylation sites (N-methyl/N-ethyl adjacent to an activating group) is 2. The summed E-state index contributed by atoms with van der Waals surface area (Å²) in [6, 6.07) is 5.97. The van der Waals surface area contributed by atoms with E-state index in [0.717, 1.165) is 34.5 Å². The second kappa shape index (κ2) is 8.40. The highest BCUT2D eigenvalue weighted by Gasteiger charge is 2.18. The molecule has 0 aliphatic rings. The molecule has 0 spiro atoms. The number of hydrogen-bond donors (Lipinski definition) is 2. The number of carbonyl (C=O) groups is 1. The molecular weight excluding hydrogens is 324 g/mol. The molecule has 0 saturated heterocycles. The zero-order valence-corrected chi connectivity index (χ0v) is 15.7. The van der Waals surface area contributed by atoms with Gasteiger partial charge < -0.3 is 20.1 Å². The summed E-state index contributed by atoms with van der Waals surface area (Å²) in [5.74, 6) is 0. The summed E-state index contributed by atoms with van der Waals surface area (Å²) in [5, 5.41) is 4.87. The SMILES string of the molecule is CCN(C(=O)NCCc1c[nH]c2ccc(Cl)cc12)C(C)CN(C)C. The van der Waals surface area contributed by atoms with Gasteiger partial charge in [0.2, 0.25) is 0 Å². The maximum Gasteiger partial charge on any atom is 0.317 e. The van der Waals surface area contributed by atoms with Gasteiger partial charge in [-0.3, -0.25) is 0 Å². The number of fused-ring (bicyclic) bond motifs is 1. The van der Waals surface area contributed by atoms with Crippen molar-refractivity contribution in [2.24, 2.45) is 0 Å². The van der Waals surface area contributed by atoms with Gasteiger partial charge in [0.15, 0.2) is 0 Å². The third kappa shape index (κ3) is 4.65.